The lowest BCUT2D eigenvalue weighted by Gasteiger charge is -2.24. The van der Waals surface area contributed by atoms with Crippen molar-refractivity contribution in [3.8, 4) is 22.8 Å². The van der Waals surface area contributed by atoms with Gasteiger partial charge in [0.05, 0.1) is 24.8 Å². The third kappa shape index (κ3) is 2.82. The van der Waals surface area contributed by atoms with Crippen LogP contribution in [0.4, 0.5) is 5.69 Å². The first-order valence-electron chi connectivity index (χ1n) is 8.28. The third-order valence-corrected chi connectivity index (χ3v) is 5.51. The van der Waals surface area contributed by atoms with Gasteiger partial charge < -0.3 is 14.8 Å². The second-order valence-electron chi connectivity index (χ2n) is 6.05. The summed E-state index contributed by atoms with van der Waals surface area (Å²) in [6.45, 7) is 0. The van der Waals surface area contributed by atoms with E-state index in [4.69, 9.17) is 9.47 Å². The number of nitrogens with one attached hydrogen (secondary N) is 1. The summed E-state index contributed by atoms with van der Waals surface area (Å²) in [5.74, 6) is 1.34. The topological polar surface area (TPSA) is 60.5 Å². The van der Waals surface area contributed by atoms with E-state index in [9.17, 15) is 4.79 Å². The summed E-state index contributed by atoms with van der Waals surface area (Å²) < 4.78 is 15.5. The van der Waals surface area contributed by atoms with E-state index < -0.39 is 0 Å². The number of hydrogen-bond donors (Lipinski definition) is 1. The first-order chi connectivity index (χ1) is 12.7. The van der Waals surface area contributed by atoms with Crippen molar-refractivity contribution in [2.24, 2.45) is 0 Å². The summed E-state index contributed by atoms with van der Waals surface area (Å²) in [6, 6.07) is 15.6. The molecule has 0 spiro atoms. The van der Waals surface area contributed by atoms with Crippen LogP contribution in [0.5, 0.6) is 11.5 Å². The van der Waals surface area contributed by atoms with Crippen molar-refractivity contribution >= 4 is 23.1 Å². The highest BCUT2D eigenvalue weighted by Gasteiger charge is 2.33. The molecule has 1 aliphatic rings. The molecule has 0 bridgehead atoms. The Morgan fingerprint density at radius 3 is 2.65 bits per heavy atom. The van der Waals surface area contributed by atoms with Crippen LogP contribution in [-0.4, -0.2) is 24.5 Å². The fourth-order valence-electron chi connectivity index (χ4n) is 3.29. The maximum absolute atomic E-state index is 12.4. The van der Waals surface area contributed by atoms with Crippen LogP contribution in [0, 0.1) is 0 Å². The molecule has 0 saturated heterocycles. The van der Waals surface area contributed by atoms with Gasteiger partial charge in [-0.15, -0.1) is 0 Å². The molecular formula is C20H18N2O3S. The summed E-state index contributed by atoms with van der Waals surface area (Å²) in [5.41, 5.74) is 3.53. The lowest BCUT2D eigenvalue weighted by Crippen LogP contribution is -2.22. The minimum Gasteiger partial charge on any atom is -0.497 e. The molecule has 0 fully saturated rings. The molecule has 2 aromatic carbocycles. The van der Waals surface area contributed by atoms with Gasteiger partial charge in [-0.25, -0.2) is 0 Å². The number of hydrogen-bond acceptors (Lipinski definition) is 5. The number of fused-ring (bicyclic) bond motifs is 1. The van der Waals surface area contributed by atoms with E-state index in [0.717, 1.165) is 38.9 Å². The number of anilines is 1. The molecule has 26 heavy (non-hydrogen) atoms. The van der Waals surface area contributed by atoms with E-state index in [0.29, 0.717) is 6.42 Å². The van der Waals surface area contributed by atoms with E-state index in [1.807, 2.05) is 48.5 Å². The van der Waals surface area contributed by atoms with Gasteiger partial charge in [-0.05, 0) is 29.7 Å². The fourth-order valence-corrected chi connectivity index (χ4v) is 4.25. The number of carbonyl (C=O) groups is 1. The van der Waals surface area contributed by atoms with Crippen LogP contribution < -0.4 is 14.8 Å². The normalized spacial score (nSPS) is 15.9. The van der Waals surface area contributed by atoms with Gasteiger partial charge in [0.25, 0.3) is 0 Å². The molecule has 1 aliphatic heterocycles. The predicted molar refractivity (Wildman–Crippen MR) is 102 cm³/mol. The Morgan fingerprint density at radius 2 is 1.92 bits per heavy atom. The summed E-state index contributed by atoms with van der Waals surface area (Å²) >= 11 is 1.42. The minimum absolute atomic E-state index is 0.0234. The molecule has 0 aliphatic carbocycles. The molecule has 1 atom stereocenters. The van der Waals surface area contributed by atoms with Crippen LogP contribution in [0.3, 0.4) is 0 Å². The van der Waals surface area contributed by atoms with Gasteiger partial charge in [0.15, 0.2) is 0 Å². The number of benzene rings is 2. The largest absolute Gasteiger partial charge is 0.497 e. The highest BCUT2D eigenvalue weighted by molar-refractivity contribution is 7.07. The number of amides is 1. The van der Waals surface area contributed by atoms with E-state index in [1.165, 1.54) is 11.5 Å². The van der Waals surface area contributed by atoms with Gasteiger partial charge >= 0.3 is 0 Å². The van der Waals surface area contributed by atoms with Crippen LogP contribution in [0.15, 0.2) is 48.5 Å². The van der Waals surface area contributed by atoms with Crippen molar-refractivity contribution in [1.29, 1.82) is 0 Å². The van der Waals surface area contributed by atoms with Crippen molar-refractivity contribution in [1.82, 2.24) is 4.37 Å². The average Bonchev–Trinajstić information content (AvgIpc) is 3.11. The quantitative estimate of drug-likeness (QED) is 0.748. The molecule has 0 unspecified atom stereocenters. The lowest BCUT2D eigenvalue weighted by molar-refractivity contribution is -0.116. The first-order valence-corrected chi connectivity index (χ1v) is 9.05. The maximum Gasteiger partial charge on any atom is 0.225 e. The van der Waals surface area contributed by atoms with Crippen molar-refractivity contribution in [2.45, 2.75) is 12.3 Å². The second kappa shape index (κ2) is 6.80. The molecule has 132 valence electrons. The number of methoxy groups -OCH3 is 2. The molecule has 1 amide bonds. The van der Waals surface area contributed by atoms with Crippen molar-refractivity contribution in [3.63, 3.8) is 0 Å². The molecule has 1 N–H and O–H groups in total. The van der Waals surface area contributed by atoms with E-state index >= 15 is 0 Å². The molecule has 5 nitrogen and oxygen atoms in total. The molecule has 4 rings (SSSR count). The highest BCUT2D eigenvalue weighted by atomic mass is 32.1. The Balaban J connectivity index is 1.85. The summed E-state index contributed by atoms with van der Waals surface area (Å²) in [4.78, 5) is 13.5. The van der Waals surface area contributed by atoms with E-state index in [1.54, 1.807) is 14.2 Å². The van der Waals surface area contributed by atoms with Gasteiger partial charge in [0.2, 0.25) is 5.91 Å². The van der Waals surface area contributed by atoms with Crippen LogP contribution in [0.25, 0.3) is 11.3 Å². The van der Waals surface area contributed by atoms with Gasteiger partial charge in [0, 0.05) is 23.5 Å². The molecule has 6 heteroatoms. The van der Waals surface area contributed by atoms with Gasteiger partial charge in [-0.2, -0.15) is 4.37 Å². The Labute approximate surface area is 155 Å². The molecule has 3 aromatic rings. The third-order valence-electron chi connectivity index (χ3n) is 4.55. The molecule has 0 radical (unpaired) electrons. The Kier molecular flexibility index (Phi) is 4.34. The number of carbonyl (C=O) groups excluding carboxylic acids is 1. The zero-order valence-electron chi connectivity index (χ0n) is 14.5. The zero-order valence-corrected chi connectivity index (χ0v) is 15.3. The van der Waals surface area contributed by atoms with E-state index in [2.05, 4.69) is 9.69 Å². The van der Waals surface area contributed by atoms with Crippen LogP contribution in [0.1, 0.15) is 22.8 Å². The van der Waals surface area contributed by atoms with Gasteiger partial charge in [-0.3, -0.25) is 4.79 Å². The monoisotopic (exact) mass is 366 g/mol. The predicted octanol–water partition coefficient (Wildman–Crippen LogP) is 4.30. The Bertz CT molecular complexity index is 953. The van der Waals surface area contributed by atoms with Crippen LogP contribution >= 0.6 is 11.5 Å². The smallest absolute Gasteiger partial charge is 0.225 e. The minimum atomic E-state index is -0.112. The number of nitrogens with zero attached hydrogens (tertiary/aromatic N) is 1. The average molecular weight is 366 g/mol. The number of aromatic nitrogens is 1. The number of ether oxygens (including phenoxy) is 2. The SMILES string of the molecule is COc1ccc(OC)c([C@H]2CC(=O)Nc3c(-c4ccccc4)nsc32)c1. The van der Waals surface area contributed by atoms with Crippen molar-refractivity contribution in [3.05, 3.63) is 59.0 Å². The second-order valence-corrected chi connectivity index (χ2v) is 6.85. The molecule has 2 heterocycles. The first kappa shape index (κ1) is 16.6. The lowest BCUT2D eigenvalue weighted by atomic mass is 9.89. The van der Waals surface area contributed by atoms with Crippen molar-refractivity contribution in [2.75, 3.05) is 19.5 Å². The summed E-state index contributed by atoms with van der Waals surface area (Å²) in [5, 5.41) is 3.01. The summed E-state index contributed by atoms with van der Waals surface area (Å²) in [6.07, 6.45) is 0.354. The molecule has 1 aromatic heterocycles. The zero-order chi connectivity index (χ0) is 18.1. The Hall–Kier alpha value is -2.86. The van der Waals surface area contributed by atoms with Gasteiger partial charge in [-0.1, -0.05) is 30.3 Å². The van der Waals surface area contributed by atoms with Crippen molar-refractivity contribution < 1.29 is 14.3 Å². The van der Waals surface area contributed by atoms with Gasteiger partial charge in [0.1, 0.15) is 17.2 Å². The maximum atomic E-state index is 12.4. The molecule has 0 saturated carbocycles. The fraction of sp³-hybridized carbons (Fsp3) is 0.200. The molecular weight excluding hydrogens is 348 g/mol. The van der Waals surface area contributed by atoms with Crippen LogP contribution in [-0.2, 0) is 4.79 Å². The summed E-state index contributed by atoms with van der Waals surface area (Å²) in [7, 11) is 3.27. The van der Waals surface area contributed by atoms with E-state index in [-0.39, 0.29) is 11.8 Å². The Morgan fingerprint density at radius 1 is 1.12 bits per heavy atom. The highest BCUT2D eigenvalue weighted by Crippen LogP contribution is 2.47. The standard InChI is InChI=1S/C20H18N2O3S/c1-24-13-8-9-16(25-2)14(10-13)15-11-17(23)21-19-18(22-26-20(15)19)12-6-4-3-5-7-12/h3-10,15H,11H2,1-2H3,(H,21,23)/t15-/m1/s1. The van der Waals surface area contributed by atoms with Crippen LogP contribution in [0.2, 0.25) is 0 Å². The number of rotatable bonds is 4.